The monoisotopic (exact) mass is 360 g/mol. The number of rotatable bonds is 2. The van der Waals surface area contributed by atoms with Gasteiger partial charge >= 0.3 is 6.18 Å². The number of nitrogen functional groups attached to an aromatic ring is 1. The molecule has 112 valence electrons. The third kappa shape index (κ3) is 3.44. The Labute approximate surface area is 127 Å². The number of hydrogen-bond acceptors (Lipinski definition) is 4. The first-order valence-electron chi connectivity index (χ1n) is 5.93. The van der Waals surface area contributed by atoms with Crippen LogP contribution in [0.4, 0.5) is 30.5 Å². The number of aromatic nitrogens is 2. The van der Waals surface area contributed by atoms with Gasteiger partial charge in [-0.1, -0.05) is 15.9 Å². The van der Waals surface area contributed by atoms with Crippen LogP contribution in [0.2, 0.25) is 0 Å². The molecule has 1 aromatic heterocycles. The van der Waals surface area contributed by atoms with E-state index < -0.39 is 11.7 Å². The molecule has 1 aromatic carbocycles. The summed E-state index contributed by atoms with van der Waals surface area (Å²) in [5.41, 5.74) is 5.81. The van der Waals surface area contributed by atoms with Crippen molar-refractivity contribution in [2.45, 2.75) is 20.0 Å². The predicted octanol–water partition coefficient (Wildman–Crippen LogP) is 4.20. The van der Waals surface area contributed by atoms with Crippen LogP contribution in [0.5, 0.6) is 0 Å². The molecule has 0 spiro atoms. The van der Waals surface area contributed by atoms with Crippen molar-refractivity contribution in [3.63, 3.8) is 0 Å². The summed E-state index contributed by atoms with van der Waals surface area (Å²) in [7, 11) is 0. The maximum atomic E-state index is 12.9. The smallest absolute Gasteiger partial charge is 0.383 e. The van der Waals surface area contributed by atoms with Gasteiger partial charge in [0.1, 0.15) is 17.5 Å². The highest BCUT2D eigenvalue weighted by molar-refractivity contribution is 9.10. The summed E-state index contributed by atoms with van der Waals surface area (Å²) in [4.78, 5) is 8.13. The molecule has 3 N–H and O–H groups in total. The maximum Gasteiger partial charge on any atom is 0.417 e. The van der Waals surface area contributed by atoms with Crippen LogP contribution in [0.3, 0.4) is 0 Å². The Morgan fingerprint density at radius 2 is 1.86 bits per heavy atom. The minimum Gasteiger partial charge on any atom is -0.383 e. The quantitative estimate of drug-likeness (QED) is 0.842. The zero-order valence-electron chi connectivity index (χ0n) is 11.2. The number of aryl methyl sites for hydroxylation is 1. The van der Waals surface area contributed by atoms with E-state index >= 15 is 0 Å². The third-order valence-electron chi connectivity index (χ3n) is 2.83. The SMILES string of the molecule is Cc1nc(N)c(C)c(Nc2ccc(Br)c(C(F)(F)F)c2)n1. The van der Waals surface area contributed by atoms with Crippen molar-refractivity contribution in [1.82, 2.24) is 9.97 Å². The Bertz CT molecular complexity index is 686. The standard InChI is InChI=1S/C13H12BrF3N4/c1-6-11(18)19-7(2)20-12(6)21-8-3-4-10(14)9(5-8)13(15,16)17/h3-5H,1-2H3,(H3,18,19,20,21). The Balaban J connectivity index is 2.41. The van der Waals surface area contributed by atoms with Crippen LogP contribution in [0.25, 0.3) is 0 Å². The number of hydrogen-bond donors (Lipinski definition) is 2. The molecular formula is C13H12BrF3N4. The van der Waals surface area contributed by atoms with Crippen LogP contribution in [-0.2, 0) is 6.18 Å². The Morgan fingerprint density at radius 3 is 2.48 bits per heavy atom. The van der Waals surface area contributed by atoms with Gasteiger partial charge in [0.25, 0.3) is 0 Å². The van der Waals surface area contributed by atoms with Gasteiger partial charge in [-0.2, -0.15) is 13.2 Å². The number of nitrogens with two attached hydrogens (primary N) is 1. The lowest BCUT2D eigenvalue weighted by molar-refractivity contribution is -0.138. The van der Waals surface area contributed by atoms with Crippen LogP contribution < -0.4 is 11.1 Å². The van der Waals surface area contributed by atoms with Crippen molar-refractivity contribution in [3.8, 4) is 0 Å². The summed E-state index contributed by atoms with van der Waals surface area (Å²) in [5.74, 6) is 1.11. The first-order valence-corrected chi connectivity index (χ1v) is 6.72. The lowest BCUT2D eigenvalue weighted by Crippen LogP contribution is -2.08. The fraction of sp³-hybridized carbons (Fsp3) is 0.231. The molecule has 2 rings (SSSR count). The molecule has 1 heterocycles. The van der Waals surface area contributed by atoms with Crippen LogP contribution in [0, 0.1) is 13.8 Å². The molecule has 0 radical (unpaired) electrons. The Kier molecular flexibility index (Phi) is 4.08. The minimum absolute atomic E-state index is 0.0179. The molecule has 0 aliphatic heterocycles. The second kappa shape index (κ2) is 5.51. The minimum atomic E-state index is -4.44. The normalized spacial score (nSPS) is 11.5. The van der Waals surface area contributed by atoms with Crippen molar-refractivity contribution < 1.29 is 13.2 Å². The van der Waals surface area contributed by atoms with Crippen LogP contribution in [0.1, 0.15) is 17.0 Å². The summed E-state index contributed by atoms with van der Waals surface area (Å²) in [5, 5.41) is 2.84. The van der Waals surface area contributed by atoms with Gasteiger partial charge in [0, 0.05) is 15.7 Å². The van der Waals surface area contributed by atoms with Crippen molar-refractivity contribution >= 4 is 33.3 Å². The first-order chi connectivity index (χ1) is 9.68. The lowest BCUT2D eigenvalue weighted by Gasteiger charge is -2.14. The average molecular weight is 361 g/mol. The van der Waals surface area contributed by atoms with E-state index in [4.69, 9.17) is 5.73 Å². The van der Waals surface area contributed by atoms with E-state index in [1.54, 1.807) is 13.8 Å². The molecule has 0 aliphatic rings. The topological polar surface area (TPSA) is 63.8 Å². The molecule has 0 amide bonds. The van der Waals surface area contributed by atoms with Crippen molar-refractivity contribution in [3.05, 3.63) is 39.6 Å². The Morgan fingerprint density at radius 1 is 1.19 bits per heavy atom. The molecule has 0 bridgehead atoms. The van der Waals surface area contributed by atoms with Crippen LogP contribution in [0.15, 0.2) is 22.7 Å². The molecule has 0 unspecified atom stereocenters. The molecule has 8 heteroatoms. The molecule has 4 nitrogen and oxygen atoms in total. The second-order valence-corrected chi connectivity index (χ2v) is 5.30. The number of nitrogens with one attached hydrogen (secondary N) is 1. The molecule has 0 saturated heterocycles. The van der Waals surface area contributed by atoms with E-state index in [2.05, 4.69) is 31.2 Å². The summed E-state index contributed by atoms with van der Waals surface area (Å²) in [6, 6.07) is 3.86. The average Bonchev–Trinajstić information content (AvgIpc) is 2.36. The van der Waals surface area contributed by atoms with E-state index in [9.17, 15) is 13.2 Å². The van der Waals surface area contributed by atoms with Gasteiger partial charge in [-0.3, -0.25) is 0 Å². The van der Waals surface area contributed by atoms with Crippen LogP contribution >= 0.6 is 15.9 Å². The van der Waals surface area contributed by atoms with Gasteiger partial charge in [0.2, 0.25) is 0 Å². The van der Waals surface area contributed by atoms with Gasteiger partial charge in [-0.15, -0.1) is 0 Å². The van der Waals surface area contributed by atoms with Gasteiger partial charge in [0.15, 0.2) is 0 Å². The van der Waals surface area contributed by atoms with Crippen molar-refractivity contribution in [2.75, 3.05) is 11.1 Å². The molecule has 0 aliphatic carbocycles. The van der Waals surface area contributed by atoms with E-state index in [-0.39, 0.29) is 16.0 Å². The summed E-state index contributed by atoms with van der Waals surface area (Å²) >= 11 is 2.90. The van der Waals surface area contributed by atoms with Gasteiger partial charge < -0.3 is 11.1 Å². The van der Waals surface area contributed by atoms with E-state index in [0.717, 1.165) is 6.07 Å². The Hall–Kier alpha value is -1.83. The summed E-state index contributed by atoms with van der Waals surface area (Å²) in [6.07, 6.45) is -4.44. The zero-order valence-corrected chi connectivity index (χ0v) is 12.8. The predicted molar refractivity (Wildman–Crippen MR) is 78.3 cm³/mol. The molecule has 0 fully saturated rings. The molecule has 0 saturated carbocycles. The van der Waals surface area contributed by atoms with Gasteiger partial charge in [-0.05, 0) is 32.0 Å². The molecule has 0 atom stereocenters. The van der Waals surface area contributed by atoms with E-state index in [1.807, 2.05) is 0 Å². The van der Waals surface area contributed by atoms with Gasteiger partial charge in [0.05, 0.1) is 5.56 Å². The molecular weight excluding hydrogens is 349 g/mol. The number of halogens is 4. The first kappa shape index (κ1) is 15.6. The summed E-state index contributed by atoms with van der Waals surface area (Å²) < 4.78 is 38.6. The van der Waals surface area contributed by atoms with Crippen molar-refractivity contribution in [1.29, 1.82) is 0 Å². The van der Waals surface area contributed by atoms with E-state index in [0.29, 0.717) is 17.2 Å². The second-order valence-electron chi connectivity index (χ2n) is 4.45. The number of nitrogens with zero attached hydrogens (tertiary/aromatic N) is 2. The zero-order chi connectivity index (χ0) is 15.8. The number of alkyl halides is 3. The fourth-order valence-electron chi connectivity index (χ4n) is 1.73. The number of anilines is 3. The van der Waals surface area contributed by atoms with Gasteiger partial charge in [-0.25, -0.2) is 9.97 Å². The van der Waals surface area contributed by atoms with Crippen molar-refractivity contribution in [2.24, 2.45) is 0 Å². The molecule has 2 aromatic rings. The molecule has 21 heavy (non-hydrogen) atoms. The summed E-state index contributed by atoms with van der Waals surface area (Å²) in [6.45, 7) is 3.35. The fourth-order valence-corrected chi connectivity index (χ4v) is 2.20. The third-order valence-corrected chi connectivity index (χ3v) is 3.52. The highest BCUT2D eigenvalue weighted by atomic mass is 79.9. The largest absolute Gasteiger partial charge is 0.417 e. The number of benzene rings is 1. The lowest BCUT2D eigenvalue weighted by atomic mass is 10.2. The van der Waals surface area contributed by atoms with Crippen LogP contribution in [-0.4, -0.2) is 9.97 Å². The maximum absolute atomic E-state index is 12.9. The highest BCUT2D eigenvalue weighted by Gasteiger charge is 2.33. The highest BCUT2D eigenvalue weighted by Crippen LogP contribution is 2.37. The van der Waals surface area contributed by atoms with E-state index in [1.165, 1.54) is 12.1 Å².